The quantitative estimate of drug-likeness (QED) is 0.856. The van der Waals surface area contributed by atoms with Gasteiger partial charge in [0.15, 0.2) is 18.3 Å². The van der Waals surface area contributed by atoms with Gasteiger partial charge in [-0.25, -0.2) is 9.18 Å². The Kier molecular flexibility index (Phi) is 3.62. The van der Waals surface area contributed by atoms with Crippen LogP contribution in [0.25, 0.3) is 10.9 Å². The molecule has 0 saturated carbocycles. The van der Waals surface area contributed by atoms with Crippen molar-refractivity contribution >= 4 is 34.3 Å². The van der Waals surface area contributed by atoms with E-state index in [0.29, 0.717) is 23.6 Å². The second kappa shape index (κ2) is 5.54. The van der Waals surface area contributed by atoms with Crippen molar-refractivity contribution in [1.29, 1.82) is 0 Å². The molecule has 9 heteroatoms. The number of rotatable bonds is 2. The van der Waals surface area contributed by atoms with Crippen LogP contribution in [0.3, 0.4) is 0 Å². The van der Waals surface area contributed by atoms with Crippen LogP contribution in [0.1, 0.15) is 24.2 Å². The van der Waals surface area contributed by atoms with Crippen molar-refractivity contribution in [2.24, 2.45) is 0 Å². The van der Waals surface area contributed by atoms with E-state index in [1.807, 2.05) is 4.90 Å². The highest BCUT2D eigenvalue weighted by Crippen LogP contribution is 2.44. The van der Waals surface area contributed by atoms with E-state index in [4.69, 9.17) is 4.74 Å². The van der Waals surface area contributed by atoms with Crippen molar-refractivity contribution in [2.75, 3.05) is 36.1 Å². The molecule has 26 heavy (non-hydrogen) atoms. The number of carboxylic acid groups (broad SMARTS) is 1. The molecule has 138 valence electrons. The number of aromatic nitrogens is 1. The molecule has 2 aliphatic heterocycles. The van der Waals surface area contributed by atoms with Crippen LogP contribution in [0.4, 0.5) is 10.1 Å². The molecule has 1 fully saturated rings. The predicted molar refractivity (Wildman–Crippen MR) is 98.6 cm³/mol. The first-order chi connectivity index (χ1) is 12.2. The van der Waals surface area contributed by atoms with Crippen LogP contribution in [0.5, 0.6) is 5.75 Å². The first kappa shape index (κ1) is 17.0. The normalized spacial score (nSPS) is 18.3. The van der Waals surface area contributed by atoms with E-state index in [1.54, 1.807) is 28.5 Å². The van der Waals surface area contributed by atoms with Crippen molar-refractivity contribution in [3.8, 4) is 5.75 Å². The molecule has 1 N–H and O–H groups in total. The van der Waals surface area contributed by atoms with Crippen LogP contribution in [-0.4, -0.2) is 46.7 Å². The molecule has 0 atom stereocenters. The van der Waals surface area contributed by atoms with Gasteiger partial charge in [-0.05, 0) is 19.9 Å². The van der Waals surface area contributed by atoms with Gasteiger partial charge in [-0.1, -0.05) is 0 Å². The van der Waals surface area contributed by atoms with Gasteiger partial charge in [0.05, 0.1) is 11.3 Å². The minimum absolute atomic E-state index is 0.00110. The Hall–Kier alpha value is -2.42. The van der Waals surface area contributed by atoms with E-state index < -0.39 is 22.8 Å². The standard InChI is InChI=1S/C17H18FN3O4S/c1-17(2)6-20(8-26-17)13-11(18)4-9-12-15(13)25-7-19(3)21(12)5-10(14(9)22)16(23)24/h4-5H,6-8H2,1-3H3,(H,23,24). The SMILES string of the molecule is CN1COc2c(N3CSC(C)(C)C3)c(F)cc3c(=O)c(C(=O)O)cn1c23. The summed E-state index contributed by atoms with van der Waals surface area (Å²) in [6.07, 6.45) is 1.27. The maximum atomic E-state index is 15.0. The van der Waals surface area contributed by atoms with E-state index >= 15 is 0 Å². The van der Waals surface area contributed by atoms with E-state index in [-0.39, 0.29) is 22.6 Å². The minimum atomic E-state index is -1.34. The van der Waals surface area contributed by atoms with Crippen molar-refractivity contribution < 1.29 is 19.0 Å². The van der Waals surface area contributed by atoms with Crippen LogP contribution in [-0.2, 0) is 0 Å². The van der Waals surface area contributed by atoms with Gasteiger partial charge in [0, 0.05) is 24.5 Å². The van der Waals surface area contributed by atoms with E-state index in [9.17, 15) is 19.1 Å². The van der Waals surface area contributed by atoms with Crippen LogP contribution in [0.15, 0.2) is 17.1 Å². The van der Waals surface area contributed by atoms with E-state index in [1.165, 1.54) is 6.20 Å². The van der Waals surface area contributed by atoms with Crippen LogP contribution < -0.4 is 20.1 Å². The predicted octanol–water partition coefficient (Wildman–Crippen LogP) is 2.05. The smallest absolute Gasteiger partial charge is 0.341 e. The number of halogens is 1. The van der Waals surface area contributed by atoms with Gasteiger partial charge < -0.3 is 14.7 Å². The number of nitrogens with zero attached hydrogens (tertiary/aromatic N) is 3. The third kappa shape index (κ3) is 2.41. The zero-order chi connectivity index (χ0) is 18.8. The van der Waals surface area contributed by atoms with Crippen LogP contribution in [0.2, 0.25) is 0 Å². The molecule has 0 spiro atoms. The lowest BCUT2D eigenvalue weighted by atomic mass is 10.1. The molecule has 0 bridgehead atoms. The highest BCUT2D eigenvalue weighted by molar-refractivity contribution is 8.01. The summed E-state index contributed by atoms with van der Waals surface area (Å²) in [5, 5.41) is 10.9. The van der Waals surface area contributed by atoms with Crippen LogP contribution in [0, 0.1) is 5.82 Å². The second-order valence-corrected chi connectivity index (χ2v) is 8.77. The van der Waals surface area contributed by atoms with Gasteiger partial charge in [-0.2, -0.15) is 0 Å². The number of hydrogen-bond acceptors (Lipinski definition) is 6. The summed E-state index contributed by atoms with van der Waals surface area (Å²) >= 11 is 1.72. The zero-order valence-corrected chi connectivity index (χ0v) is 15.4. The van der Waals surface area contributed by atoms with Gasteiger partial charge in [0.2, 0.25) is 5.43 Å². The molecule has 1 aromatic heterocycles. The number of ether oxygens (including phenoxy) is 1. The first-order valence-electron chi connectivity index (χ1n) is 8.08. The third-order valence-electron chi connectivity index (χ3n) is 4.65. The number of anilines is 1. The molecule has 2 aliphatic rings. The highest BCUT2D eigenvalue weighted by Gasteiger charge is 2.35. The fourth-order valence-electron chi connectivity index (χ4n) is 3.42. The Balaban J connectivity index is 2.04. The number of carbonyl (C=O) groups is 1. The van der Waals surface area contributed by atoms with E-state index in [2.05, 4.69) is 13.8 Å². The molecule has 1 saturated heterocycles. The summed E-state index contributed by atoms with van der Waals surface area (Å²) in [6.45, 7) is 4.94. The molecular formula is C17H18FN3O4S. The maximum Gasteiger partial charge on any atom is 0.341 e. The first-order valence-corrected chi connectivity index (χ1v) is 9.06. The number of benzene rings is 1. The van der Waals surface area contributed by atoms with E-state index in [0.717, 1.165) is 6.07 Å². The van der Waals surface area contributed by atoms with Gasteiger partial charge in [0.1, 0.15) is 16.8 Å². The summed E-state index contributed by atoms with van der Waals surface area (Å²) in [5.41, 5.74) is -0.410. The van der Waals surface area contributed by atoms with Gasteiger partial charge >= 0.3 is 5.97 Å². The molecule has 0 aliphatic carbocycles. The fraction of sp³-hybridized carbons (Fsp3) is 0.412. The van der Waals surface area contributed by atoms with Crippen LogP contribution >= 0.6 is 11.8 Å². The molecule has 0 radical (unpaired) electrons. The molecule has 2 aromatic rings. The largest absolute Gasteiger partial charge is 0.477 e. The fourth-order valence-corrected chi connectivity index (χ4v) is 4.39. The van der Waals surface area contributed by atoms with Crippen molar-refractivity contribution in [3.05, 3.63) is 33.9 Å². The second-order valence-electron chi connectivity index (χ2n) is 7.12. The molecule has 0 unspecified atom stereocenters. The lowest BCUT2D eigenvalue weighted by Crippen LogP contribution is -2.40. The number of hydrogen-bond donors (Lipinski definition) is 1. The maximum absolute atomic E-state index is 15.0. The summed E-state index contributed by atoms with van der Waals surface area (Å²) in [7, 11) is 1.70. The van der Waals surface area contributed by atoms with Crippen molar-refractivity contribution in [3.63, 3.8) is 0 Å². The number of pyridine rings is 1. The highest BCUT2D eigenvalue weighted by atomic mass is 32.2. The van der Waals surface area contributed by atoms with Crippen molar-refractivity contribution in [2.45, 2.75) is 18.6 Å². The third-order valence-corrected chi connectivity index (χ3v) is 6.00. The molecule has 7 nitrogen and oxygen atoms in total. The van der Waals surface area contributed by atoms with Gasteiger partial charge in [-0.15, -0.1) is 11.8 Å². The summed E-state index contributed by atoms with van der Waals surface area (Å²) in [5.74, 6) is -1.03. The molecule has 3 heterocycles. The van der Waals surface area contributed by atoms with Crippen molar-refractivity contribution in [1.82, 2.24) is 4.68 Å². The summed E-state index contributed by atoms with van der Waals surface area (Å²) in [6, 6.07) is 1.12. The minimum Gasteiger partial charge on any atom is -0.477 e. The topological polar surface area (TPSA) is 75.0 Å². The lowest BCUT2D eigenvalue weighted by Gasteiger charge is -2.33. The number of carboxylic acids is 1. The Morgan fingerprint density at radius 2 is 2.15 bits per heavy atom. The monoisotopic (exact) mass is 379 g/mol. The average Bonchev–Trinajstić information content (AvgIpc) is 2.91. The Labute approximate surface area is 152 Å². The Morgan fingerprint density at radius 1 is 1.42 bits per heavy atom. The molecule has 1 aromatic carbocycles. The Morgan fingerprint density at radius 3 is 2.77 bits per heavy atom. The molecule has 4 rings (SSSR count). The van der Waals surface area contributed by atoms with Gasteiger partial charge in [0.25, 0.3) is 0 Å². The van der Waals surface area contributed by atoms with Gasteiger partial charge in [-0.3, -0.25) is 14.5 Å². The molecule has 0 amide bonds. The number of aromatic carboxylic acids is 1. The summed E-state index contributed by atoms with van der Waals surface area (Å²) < 4.78 is 22.3. The zero-order valence-electron chi connectivity index (χ0n) is 14.6. The Bertz CT molecular complexity index is 1000. The number of thioether (sulfide) groups is 1. The lowest BCUT2D eigenvalue weighted by molar-refractivity contribution is 0.0694. The average molecular weight is 379 g/mol. The molecular weight excluding hydrogens is 361 g/mol. The summed E-state index contributed by atoms with van der Waals surface area (Å²) in [4.78, 5) is 25.9.